The van der Waals surface area contributed by atoms with Gasteiger partial charge in [0, 0.05) is 54.2 Å². The molecule has 0 aliphatic carbocycles. The number of hydrogen-bond donors (Lipinski definition) is 1. The Morgan fingerprint density at radius 1 is 0.975 bits per heavy atom. The van der Waals surface area contributed by atoms with E-state index in [0.29, 0.717) is 48.3 Å². The highest BCUT2D eigenvalue weighted by atomic mass is 35.5. The zero-order chi connectivity index (χ0) is 27.9. The molecule has 0 radical (unpaired) electrons. The van der Waals surface area contributed by atoms with Crippen LogP contribution in [0, 0.1) is 5.82 Å². The molecule has 1 N–H and O–H groups in total. The summed E-state index contributed by atoms with van der Waals surface area (Å²) in [6.07, 6.45) is 1.78. The normalized spacial score (nSPS) is 13.7. The smallest absolute Gasteiger partial charge is 0.254 e. The molecule has 1 saturated heterocycles. The number of halogens is 2. The molecule has 10 heteroatoms. The van der Waals surface area contributed by atoms with E-state index in [1.54, 1.807) is 47.2 Å². The number of anilines is 1. The summed E-state index contributed by atoms with van der Waals surface area (Å²) in [5.41, 5.74) is 2.58. The number of hydrogen-bond acceptors (Lipinski definition) is 5. The Morgan fingerprint density at radius 3 is 2.38 bits per heavy atom. The van der Waals surface area contributed by atoms with Gasteiger partial charge in [0.05, 0.1) is 18.9 Å². The highest BCUT2D eigenvalue weighted by molar-refractivity contribution is 6.30. The summed E-state index contributed by atoms with van der Waals surface area (Å²) >= 11 is 6.02. The van der Waals surface area contributed by atoms with Gasteiger partial charge in [-0.05, 0) is 48.5 Å². The molecule has 0 atom stereocenters. The lowest BCUT2D eigenvalue weighted by molar-refractivity contribution is -0.117. The SMILES string of the molecule is O=C(CN(CCN1CCOCC1)C(=O)c1ccc(Cl)cc1)Nc1nc(-c2ccccc2)cn1-c1ccc(F)cc1. The van der Waals surface area contributed by atoms with Gasteiger partial charge >= 0.3 is 0 Å². The number of nitrogens with zero attached hydrogens (tertiary/aromatic N) is 4. The van der Waals surface area contributed by atoms with E-state index < -0.39 is 5.91 Å². The molecule has 1 aromatic heterocycles. The third-order valence-corrected chi connectivity index (χ3v) is 6.89. The van der Waals surface area contributed by atoms with Crippen molar-refractivity contribution >= 4 is 29.4 Å². The van der Waals surface area contributed by atoms with Gasteiger partial charge in [-0.3, -0.25) is 24.4 Å². The molecule has 2 heterocycles. The molecule has 3 aromatic carbocycles. The zero-order valence-electron chi connectivity index (χ0n) is 21.8. The Morgan fingerprint density at radius 2 is 1.68 bits per heavy atom. The number of rotatable bonds is 9. The van der Waals surface area contributed by atoms with Gasteiger partial charge in [0.25, 0.3) is 5.91 Å². The Labute approximate surface area is 236 Å². The van der Waals surface area contributed by atoms with Crippen LogP contribution in [0.15, 0.2) is 85.1 Å². The number of aromatic nitrogens is 2. The Bertz CT molecular complexity index is 1440. The van der Waals surface area contributed by atoms with Crippen molar-refractivity contribution < 1.29 is 18.7 Å². The van der Waals surface area contributed by atoms with Crippen molar-refractivity contribution in [2.75, 3.05) is 51.3 Å². The van der Waals surface area contributed by atoms with E-state index in [2.05, 4.69) is 15.2 Å². The van der Waals surface area contributed by atoms with Crippen LogP contribution in [0.25, 0.3) is 16.9 Å². The van der Waals surface area contributed by atoms with E-state index in [9.17, 15) is 14.0 Å². The lowest BCUT2D eigenvalue weighted by atomic mass is 10.2. The van der Waals surface area contributed by atoms with Crippen molar-refractivity contribution in [2.24, 2.45) is 0 Å². The molecule has 0 bridgehead atoms. The van der Waals surface area contributed by atoms with Gasteiger partial charge < -0.3 is 9.64 Å². The average Bonchev–Trinajstić information content (AvgIpc) is 3.40. The largest absolute Gasteiger partial charge is 0.379 e. The van der Waals surface area contributed by atoms with E-state index in [1.165, 1.54) is 17.0 Å². The second-order valence-electron chi connectivity index (χ2n) is 9.40. The lowest BCUT2D eigenvalue weighted by Crippen LogP contribution is -2.45. The quantitative estimate of drug-likeness (QED) is 0.319. The molecule has 4 aromatic rings. The molecule has 40 heavy (non-hydrogen) atoms. The molecule has 2 amide bonds. The van der Waals surface area contributed by atoms with Gasteiger partial charge in [0.1, 0.15) is 12.4 Å². The molecular weight excluding hydrogens is 533 g/mol. The first kappa shape index (κ1) is 27.5. The van der Waals surface area contributed by atoms with E-state index in [0.717, 1.165) is 18.7 Å². The summed E-state index contributed by atoms with van der Waals surface area (Å²) in [4.78, 5) is 35.2. The van der Waals surface area contributed by atoms with Crippen molar-refractivity contribution in [1.29, 1.82) is 0 Å². The summed E-state index contributed by atoms with van der Waals surface area (Å²) in [5, 5.41) is 3.39. The van der Waals surface area contributed by atoms with Crippen LogP contribution in [0.2, 0.25) is 5.02 Å². The minimum Gasteiger partial charge on any atom is -0.379 e. The summed E-state index contributed by atoms with van der Waals surface area (Å²) < 4.78 is 20.7. The van der Waals surface area contributed by atoms with E-state index in [4.69, 9.17) is 16.3 Å². The molecule has 8 nitrogen and oxygen atoms in total. The van der Waals surface area contributed by atoms with E-state index in [-0.39, 0.29) is 24.2 Å². The zero-order valence-corrected chi connectivity index (χ0v) is 22.6. The second kappa shape index (κ2) is 12.9. The van der Waals surface area contributed by atoms with E-state index in [1.807, 2.05) is 30.3 Å². The number of morpholine rings is 1. The molecule has 206 valence electrons. The Balaban J connectivity index is 1.38. The molecule has 0 spiro atoms. The van der Waals surface area contributed by atoms with Crippen molar-refractivity contribution in [2.45, 2.75) is 0 Å². The van der Waals surface area contributed by atoms with Gasteiger partial charge in [-0.25, -0.2) is 9.37 Å². The van der Waals surface area contributed by atoms with Crippen LogP contribution in [0.1, 0.15) is 10.4 Å². The lowest BCUT2D eigenvalue weighted by Gasteiger charge is -2.30. The maximum Gasteiger partial charge on any atom is 0.254 e. The van der Waals surface area contributed by atoms with Crippen LogP contribution in [0.3, 0.4) is 0 Å². The highest BCUT2D eigenvalue weighted by Gasteiger charge is 2.22. The molecule has 1 aliphatic heterocycles. The van der Waals surface area contributed by atoms with Crippen molar-refractivity contribution in [3.8, 4) is 16.9 Å². The average molecular weight is 562 g/mol. The fraction of sp³-hybridized carbons (Fsp3) is 0.233. The fourth-order valence-electron chi connectivity index (χ4n) is 4.47. The Hall–Kier alpha value is -4.05. The monoisotopic (exact) mass is 561 g/mol. The topological polar surface area (TPSA) is 79.7 Å². The number of benzene rings is 3. The maximum atomic E-state index is 13.6. The third-order valence-electron chi connectivity index (χ3n) is 6.63. The first-order chi connectivity index (χ1) is 19.5. The van der Waals surface area contributed by atoms with Gasteiger partial charge in [0.2, 0.25) is 11.9 Å². The summed E-state index contributed by atoms with van der Waals surface area (Å²) in [6.45, 7) is 3.61. The van der Waals surface area contributed by atoms with Gasteiger partial charge in [-0.2, -0.15) is 0 Å². The van der Waals surface area contributed by atoms with Crippen LogP contribution >= 0.6 is 11.6 Å². The highest BCUT2D eigenvalue weighted by Crippen LogP contribution is 2.24. The molecule has 0 unspecified atom stereocenters. The van der Waals surface area contributed by atoms with Crippen LogP contribution in [0.5, 0.6) is 0 Å². The van der Waals surface area contributed by atoms with Crippen molar-refractivity contribution in [1.82, 2.24) is 19.4 Å². The second-order valence-corrected chi connectivity index (χ2v) is 9.83. The van der Waals surface area contributed by atoms with Crippen LogP contribution < -0.4 is 5.32 Å². The number of ether oxygens (including phenoxy) is 1. The summed E-state index contributed by atoms with van der Waals surface area (Å²) in [6, 6.07) is 22.1. The number of amides is 2. The predicted octanol–water partition coefficient (Wildman–Crippen LogP) is 4.74. The van der Waals surface area contributed by atoms with Crippen LogP contribution in [0.4, 0.5) is 10.3 Å². The number of nitrogens with one attached hydrogen (secondary N) is 1. The third kappa shape index (κ3) is 6.93. The minimum absolute atomic E-state index is 0.178. The molecule has 1 fully saturated rings. The number of carbonyl (C=O) groups is 2. The van der Waals surface area contributed by atoms with Crippen molar-refractivity contribution in [3.63, 3.8) is 0 Å². The van der Waals surface area contributed by atoms with E-state index >= 15 is 0 Å². The fourth-order valence-corrected chi connectivity index (χ4v) is 4.59. The van der Waals surface area contributed by atoms with Crippen molar-refractivity contribution in [3.05, 3.63) is 101 Å². The number of imidazole rings is 1. The molecule has 5 rings (SSSR count). The van der Waals surface area contributed by atoms with Gasteiger partial charge in [0.15, 0.2) is 0 Å². The minimum atomic E-state index is -0.405. The van der Waals surface area contributed by atoms with Gasteiger partial charge in [-0.1, -0.05) is 41.9 Å². The Kier molecular flexibility index (Phi) is 8.85. The van der Waals surface area contributed by atoms with Crippen LogP contribution in [-0.2, 0) is 9.53 Å². The maximum absolute atomic E-state index is 13.6. The van der Waals surface area contributed by atoms with Crippen LogP contribution in [-0.4, -0.2) is 77.1 Å². The standard InChI is InChI=1S/C30H29ClFN5O3/c31-24-8-6-23(7-9-24)29(39)36(15-14-35-16-18-40-19-17-35)21-28(38)34-30-33-27(22-4-2-1-3-5-22)20-37(30)26-12-10-25(32)11-13-26/h1-13,20H,14-19,21H2,(H,33,34,38). The van der Waals surface area contributed by atoms with Gasteiger partial charge in [-0.15, -0.1) is 0 Å². The molecular formula is C30H29ClFN5O3. The summed E-state index contributed by atoms with van der Waals surface area (Å²) in [5.74, 6) is -0.776. The molecule has 0 saturated carbocycles. The first-order valence-electron chi connectivity index (χ1n) is 13.0. The summed E-state index contributed by atoms with van der Waals surface area (Å²) in [7, 11) is 0. The first-order valence-corrected chi connectivity index (χ1v) is 13.4. The predicted molar refractivity (Wildman–Crippen MR) is 152 cm³/mol. The molecule has 1 aliphatic rings. The number of carbonyl (C=O) groups excluding carboxylic acids is 2.